The highest BCUT2D eigenvalue weighted by Gasteiger charge is 2.26. The molecule has 0 aliphatic rings. The smallest absolute Gasteiger partial charge is 0.340 e. The summed E-state index contributed by atoms with van der Waals surface area (Å²) in [5.74, 6) is -0.186. The number of amides is 1. The van der Waals surface area contributed by atoms with Gasteiger partial charge in [-0.25, -0.2) is 14.7 Å². The monoisotopic (exact) mass is 284 g/mol. The Hall–Kier alpha value is -2.12. The van der Waals surface area contributed by atoms with Gasteiger partial charge in [0.25, 0.3) is 0 Å². The van der Waals surface area contributed by atoms with Crippen LogP contribution >= 0.6 is 0 Å². The Labute approximate surface area is 116 Å². The Bertz CT molecular complexity index is 508. The Morgan fingerprint density at radius 1 is 1.40 bits per heavy atom. The van der Waals surface area contributed by atoms with E-state index in [1.54, 1.807) is 14.0 Å². The van der Waals surface area contributed by atoms with Crippen molar-refractivity contribution in [1.29, 1.82) is 0 Å². The molecule has 0 saturated heterocycles. The molecule has 0 spiro atoms. The van der Waals surface area contributed by atoms with Crippen LogP contribution in [0.4, 0.5) is 0 Å². The van der Waals surface area contributed by atoms with E-state index in [9.17, 15) is 14.4 Å². The third-order valence-electron chi connectivity index (χ3n) is 2.93. The highest BCUT2D eigenvalue weighted by molar-refractivity contribution is 5.84. The summed E-state index contributed by atoms with van der Waals surface area (Å²) >= 11 is 0. The first-order valence-corrected chi connectivity index (χ1v) is 6.55. The first kappa shape index (κ1) is 15.9. The van der Waals surface area contributed by atoms with Crippen LogP contribution in [0.3, 0.4) is 0 Å². The maximum absolute atomic E-state index is 12.0. The van der Waals surface area contributed by atoms with E-state index >= 15 is 0 Å². The lowest BCUT2D eigenvalue weighted by atomic mass is 10.1. The summed E-state index contributed by atoms with van der Waals surface area (Å²) in [7, 11) is 1.57. The van der Waals surface area contributed by atoms with Crippen LogP contribution in [0.5, 0.6) is 0 Å². The van der Waals surface area contributed by atoms with E-state index < -0.39 is 17.7 Å². The van der Waals surface area contributed by atoms with Gasteiger partial charge in [0.2, 0.25) is 5.91 Å². The maximum atomic E-state index is 12.0. The summed E-state index contributed by atoms with van der Waals surface area (Å²) < 4.78 is 4.93. The molecule has 1 amide bonds. The van der Waals surface area contributed by atoms with Gasteiger partial charge in [0.05, 0.1) is 6.61 Å². The Kier molecular flexibility index (Phi) is 5.95. The number of carbonyl (C=O) groups excluding carboxylic acids is 2. The number of hydrogen-bond acceptors (Lipinski definition) is 5. The molecule has 8 heteroatoms. The SMILES string of the molecule is CCOC(=O)[C@H](CC)N(C)C(=O)CCc1n[nH]c(=O)[nH]1. The maximum Gasteiger partial charge on any atom is 0.340 e. The molecule has 0 aromatic carbocycles. The number of aromatic amines is 2. The van der Waals surface area contributed by atoms with E-state index in [4.69, 9.17) is 4.74 Å². The standard InChI is InChI=1S/C12H20N4O4/c1-4-8(11(18)20-5-2)16(3)10(17)7-6-9-13-12(19)15-14-9/h8H,4-7H2,1-3H3,(H2,13,14,15,19)/t8-/m0/s1. The van der Waals surface area contributed by atoms with E-state index in [0.29, 0.717) is 18.7 Å². The quantitative estimate of drug-likeness (QED) is 0.676. The molecule has 112 valence electrons. The van der Waals surface area contributed by atoms with Crippen LogP contribution in [0.25, 0.3) is 0 Å². The summed E-state index contributed by atoms with van der Waals surface area (Å²) in [5.41, 5.74) is -0.404. The van der Waals surface area contributed by atoms with Crippen LogP contribution in [0.2, 0.25) is 0 Å². The van der Waals surface area contributed by atoms with Crippen molar-refractivity contribution in [3.8, 4) is 0 Å². The fourth-order valence-corrected chi connectivity index (χ4v) is 1.84. The van der Waals surface area contributed by atoms with Crippen molar-refractivity contribution in [1.82, 2.24) is 20.1 Å². The lowest BCUT2D eigenvalue weighted by Crippen LogP contribution is -2.43. The number of aromatic nitrogens is 3. The molecule has 0 aliphatic carbocycles. The predicted molar refractivity (Wildman–Crippen MR) is 71.0 cm³/mol. The van der Waals surface area contributed by atoms with Gasteiger partial charge in [0.15, 0.2) is 0 Å². The first-order chi connectivity index (χ1) is 9.49. The highest BCUT2D eigenvalue weighted by atomic mass is 16.5. The molecule has 1 aromatic heterocycles. The molecule has 1 aromatic rings. The van der Waals surface area contributed by atoms with Crippen LogP contribution in [0.15, 0.2) is 4.79 Å². The normalized spacial score (nSPS) is 11.9. The van der Waals surface area contributed by atoms with Gasteiger partial charge in [-0.05, 0) is 13.3 Å². The third-order valence-corrected chi connectivity index (χ3v) is 2.93. The third kappa shape index (κ3) is 4.22. The van der Waals surface area contributed by atoms with Crippen molar-refractivity contribution in [2.75, 3.05) is 13.7 Å². The van der Waals surface area contributed by atoms with E-state index in [-0.39, 0.29) is 18.9 Å². The van der Waals surface area contributed by atoms with Crippen molar-refractivity contribution in [3.05, 3.63) is 16.3 Å². The van der Waals surface area contributed by atoms with E-state index in [1.165, 1.54) is 4.90 Å². The number of H-pyrrole nitrogens is 2. The van der Waals surface area contributed by atoms with Crippen LogP contribution < -0.4 is 5.69 Å². The Morgan fingerprint density at radius 2 is 2.10 bits per heavy atom. The summed E-state index contributed by atoms with van der Waals surface area (Å²) in [5, 5.41) is 5.95. The second kappa shape index (κ2) is 7.46. The van der Waals surface area contributed by atoms with Gasteiger partial charge in [0.1, 0.15) is 11.9 Å². The predicted octanol–water partition coefficient (Wildman–Crippen LogP) is -0.169. The van der Waals surface area contributed by atoms with Crippen LogP contribution in [0.1, 0.15) is 32.5 Å². The molecular weight excluding hydrogens is 264 g/mol. The zero-order valence-electron chi connectivity index (χ0n) is 11.9. The number of rotatable bonds is 7. The minimum Gasteiger partial charge on any atom is -0.464 e. The number of ether oxygens (including phenoxy) is 1. The molecule has 0 bridgehead atoms. The van der Waals surface area contributed by atoms with Gasteiger partial charge in [-0.2, -0.15) is 5.10 Å². The van der Waals surface area contributed by atoms with Gasteiger partial charge in [0, 0.05) is 19.9 Å². The fraction of sp³-hybridized carbons (Fsp3) is 0.667. The van der Waals surface area contributed by atoms with Crippen LogP contribution in [-0.4, -0.2) is 51.7 Å². The number of nitrogens with zero attached hydrogens (tertiary/aromatic N) is 2. The lowest BCUT2D eigenvalue weighted by Gasteiger charge is -2.25. The van der Waals surface area contributed by atoms with Gasteiger partial charge >= 0.3 is 11.7 Å². The van der Waals surface area contributed by atoms with E-state index in [2.05, 4.69) is 15.2 Å². The average molecular weight is 284 g/mol. The first-order valence-electron chi connectivity index (χ1n) is 6.55. The Balaban J connectivity index is 2.56. The topological polar surface area (TPSA) is 108 Å². The van der Waals surface area contributed by atoms with Gasteiger partial charge < -0.3 is 9.64 Å². The molecule has 1 atom stereocenters. The molecule has 1 rings (SSSR count). The summed E-state index contributed by atoms with van der Waals surface area (Å²) in [6, 6.07) is -0.583. The number of esters is 1. The van der Waals surface area contributed by atoms with Crippen molar-refractivity contribution in [2.24, 2.45) is 0 Å². The molecule has 1 heterocycles. The summed E-state index contributed by atoms with van der Waals surface area (Å²) in [6.45, 7) is 3.82. The number of aryl methyl sites for hydroxylation is 1. The summed E-state index contributed by atoms with van der Waals surface area (Å²) in [4.78, 5) is 38.4. The van der Waals surface area contributed by atoms with Crippen molar-refractivity contribution in [2.45, 2.75) is 39.2 Å². The molecule has 0 unspecified atom stereocenters. The molecule has 0 fully saturated rings. The molecule has 2 N–H and O–H groups in total. The summed E-state index contributed by atoms with van der Waals surface area (Å²) in [6.07, 6.45) is 0.953. The second-order valence-corrected chi connectivity index (χ2v) is 4.31. The number of hydrogen-bond donors (Lipinski definition) is 2. The zero-order chi connectivity index (χ0) is 15.1. The molecule has 0 saturated carbocycles. The lowest BCUT2D eigenvalue weighted by molar-refractivity contribution is -0.153. The number of likely N-dealkylation sites (N-methyl/N-ethyl adjacent to an activating group) is 1. The average Bonchev–Trinajstić information content (AvgIpc) is 2.82. The number of carbonyl (C=O) groups is 2. The highest BCUT2D eigenvalue weighted by Crippen LogP contribution is 2.07. The fourth-order valence-electron chi connectivity index (χ4n) is 1.84. The van der Waals surface area contributed by atoms with Crippen LogP contribution in [-0.2, 0) is 20.7 Å². The van der Waals surface area contributed by atoms with Crippen molar-refractivity contribution >= 4 is 11.9 Å². The van der Waals surface area contributed by atoms with Gasteiger partial charge in [-0.15, -0.1) is 0 Å². The minimum absolute atomic E-state index is 0.160. The minimum atomic E-state index is -0.583. The number of nitrogens with one attached hydrogen (secondary N) is 2. The van der Waals surface area contributed by atoms with Gasteiger partial charge in [-0.1, -0.05) is 6.92 Å². The molecule has 20 heavy (non-hydrogen) atoms. The molecular formula is C12H20N4O4. The Morgan fingerprint density at radius 3 is 2.60 bits per heavy atom. The van der Waals surface area contributed by atoms with E-state index in [1.807, 2.05) is 6.92 Å². The molecule has 0 radical (unpaired) electrons. The van der Waals surface area contributed by atoms with Gasteiger partial charge in [-0.3, -0.25) is 9.78 Å². The van der Waals surface area contributed by atoms with E-state index in [0.717, 1.165) is 0 Å². The van der Waals surface area contributed by atoms with Crippen LogP contribution in [0, 0.1) is 0 Å². The van der Waals surface area contributed by atoms with Crippen molar-refractivity contribution < 1.29 is 14.3 Å². The largest absolute Gasteiger partial charge is 0.464 e. The molecule has 0 aliphatic heterocycles. The molecule has 8 nitrogen and oxygen atoms in total. The zero-order valence-corrected chi connectivity index (χ0v) is 11.9. The second-order valence-electron chi connectivity index (χ2n) is 4.31. The van der Waals surface area contributed by atoms with Crippen molar-refractivity contribution in [3.63, 3.8) is 0 Å².